The SMILES string of the molecule is Cc1cc(NC(=O)c2cccc(NS(=O)(=O)c3ccc(Br)cc3)c2)n(C)n1. The molecule has 27 heavy (non-hydrogen) atoms. The summed E-state index contributed by atoms with van der Waals surface area (Å²) in [7, 11) is -2.02. The summed E-state index contributed by atoms with van der Waals surface area (Å²) in [6.45, 7) is 1.83. The van der Waals surface area contributed by atoms with Gasteiger partial charge in [0.15, 0.2) is 0 Å². The second-order valence-corrected chi connectivity index (χ2v) is 8.49. The lowest BCUT2D eigenvalue weighted by atomic mass is 10.2. The maximum Gasteiger partial charge on any atom is 0.261 e. The van der Waals surface area contributed by atoms with E-state index in [9.17, 15) is 13.2 Å². The smallest absolute Gasteiger partial charge is 0.261 e. The number of aryl methyl sites for hydroxylation is 2. The zero-order valence-electron chi connectivity index (χ0n) is 14.6. The average molecular weight is 449 g/mol. The lowest BCUT2D eigenvalue weighted by Gasteiger charge is -2.10. The van der Waals surface area contributed by atoms with E-state index in [1.54, 1.807) is 48.1 Å². The summed E-state index contributed by atoms with van der Waals surface area (Å²) >= 11 is 3.27. The van der Waals surface area contributed by atoms with E-state index in [4.69, 9.17) is 0 Å². The fraction of sp³-hybridized carbons (Fsp3) is 0.111. The van der Waals surface area contributed by atoms with Gasteiger partial charge >= 0.3 is 0 Å². The molecule has 2 N–H and O–H groups in total. The minimum absolute atomic E-state index is 0.130. The third-order valence-corrected chi connectivity index (χ3v) is 5.67. The number of carbonyl (C=O) groups excluding carboxylic acids is 1. The van der Waals surface area contributed by atoms with Crippen LogP contribution in [0.5, 0.6) is 0 Å². The van der Waals surface area contributed by atoms with Crippen molar-refractivity contribution in [2.75, 3.05) is 10.0 Å². The molecule has 2 aromatic carbocycles. The summed E-state index contributed by atoms with van der Waals surface area (Å²) in [5.74, 6) is 0.195. The van der Waals surface area contributed by atoms with Gasteiger partial charge in [0.25, 0.3) is 15.9 Å². The van der Waals surface area contributed by atoms with Crippen molar-refractivity contribution in [3.8, 4) is 0 Å². The molecule has 0 bridgehead atoms. The second-order valence-electron chi connectivity index (χ2n) is 5.89. The number of nitrogens with one attached hydrogen (secondary N) is 2. The molecule has 0 saturated heterocycles. The molecule has 0 atom stereocenters. The van der Waals surface area contributed by atoms with Crippen molar-refractivity contribution in [2.45, 2.75) is 11.8 Å². The van der Waals surface area contributed by atoms with Gasteiger partial charge in [-0.05, 0) is 49.4 Å². The lowest BCUT2D eigenvalue weighted by Crippen LogP contribution is -2.16. The Morgan fingerprint density at radius 1 is 1.11 bits per heavy atom. The van der Waals surface area contributed by atoms with Gasteiger partial charge in [-0.25, -0.2) is 8.42 Å². The number of hydrogen-bond donors (Lipinski definition) is 2. The Balaban J connectivity index is 1.80. The highest BCUT2D eigenvalue weighted by Gasteiger charge is 2.15. The maximum absolute atomic E-state index is 12.5. The number of amides is 1. The van der Waals surface area contributed by atoms with Crippen LogP contribution in [0.15, 0.2) is 64.0 Å². The van der Waals surface area contributed by atoms with Gasteiger partial charge in [0.05, 0.1) is 10.6 Å². The van der Waals surface area contributed by atoms with E-state index < -0.39 is 10.0 Å². The Morgan fingerprint density at radius 3 is 2.44 bits per heavy atom. The van der Waals surface area contributed by atoms with Gasteiger partial charge < -0.3 is 5.32 Å². The van der Waals surface area contributed by atoms with E-state index in [0.29, 0.717) is 17.1 Å². The average Bonchev–Trinajstić information content (AvgIpc) is 2.92. The molecule has 0 aliphatic heterocycles. The molecular formula is C18H17BrN4O3S. The highest BCUT2D eigenvalue weighted by Crippen LogP contribution is 2.20. The predicted molar refractivity (Wildman–Crippen MR) is 107 cm³/mol. The van der Waals surface area contributed by atoms with Gasteiger partial charge in [0, 0.05) is 28.8 Å². The van der Waals surface area contributed by atoms with Crippen LogP contribution in [0.1, 0.15) is 16.1 Å². The molecule has 0 fully saturated rings. The quantitative estimate of drug-likeness (QED) is 0.623. The van der Waals surface area contributed by atoms with Crippen LogP contribution in [0.4, 0.5) is 11.5 Å². The molecule has 9 heteroatoms. The van der Waals surface area contributed by atoms with Gasteiger partial charge in [-0.15, -0.1) is 0 Å². The number of aromatic nitrogens is 2. The van der Waals surface area contributed by atoms with Crippen molar-refractivity contribution >= 4 is 43.4 Å². The highest BCUT2D eigenvalue weighted by molar-refractivity contribution is 9.10. The van der Waals surface area contributed by atoms with E-state index in [2.05, 4.69) is 31.1 Å². The summed E-state index contributed by atoms with van der Waals surface area (Å²) in [4.78, 5) is 12.6. The number of sulfonamides is 1. The van der Waals surface area contributed by atoms with Gasteiger partial charge in [0.2, 0.25) is 0 Å². The molecule has 140 valence electrons. The second kappa shape index (κ2) is 7.53. The molecule has 0 aliphatic carbocycles. The standard InChI is InChI=1S/C18H17BrN4O3S/c1-12-10-17(23(2)21-12)20-18(24)13-4-3-5-15(11-13)22-27(25,26)16-8-6-14(19)7-9-16/h3-11,22H,1-2H3,(H,20,24). The minimum Gasteiger partial charge on any atom is -0.307 e. The Kier molecular flexibility index (Phi) is 5.33. The summed E-state index contributed by atoms with van der Waals surface area (Å²) in [5.41, 5.74) is 1.40. The molecular weight excluding hydrogens is 432 g/mol. The number of anilines is 2. The van der Waals surface area contributed by atoms with Gasteiger partial charge in [-0.3, -0.25) is 14.2 Å². The summed E-state index contributed by atoms with van der Waals surface area (Å²) in [6, 6.07) is 14.3. The van der Waals surface area contributed by atoms with Crippen LogP contribution < -0.4 is 10.0 Å². The largest absolute Gasteiger partial charge is 0.307 e. The maximum atomic E-state index is 12.5. The fourth-order valence-corrected chi connectivity index (χ4v) is 3.78. The molecule has 0 aliphatic rings. The normalized spacial score (nSPS) is 11.2. The number of carbonyl (C=O) groups is 1. The first-order chi connectivity index (χ1) is 12.7. The fourth-order valence-electron chi connectivity index (χ4n) is 2.47. The Morgan fingerprint density at radius 2 is 1.81 bits per heavy atom. The van der Waals surface area contributed by atoms with Gasteiger partial charge in [0.1, 0.15) is 5.82 Å². The first-order valence-corrected chi connectivity index (χ1v) is 10.2. The van der Waals surface area contributed by atoms with Crippen molar-refractivity contribution in [3.05, 3.63) is 70.3 Å². The Labute approximate surface area is 165 Å². The van der Waals surface area contributed by atoms with Crippen LogP contribution in [0.2, 0.25) is 0 Å². The van der Waals surface area contributed by atoms with E-state index in [1.165, 1.54) is 18.2 Å². The molecule has 0 radical (unpaired) electrons. The van der Waals surface area contributed by atoms with E-state index in [-0.39, 0.29) is 10.8 Å². The summed E-state index contributed by atoms with van der Waals surface area (Å²) in [6.07, 6.45) is 0. The first kappa shape index (κ1) is 19.1. The summed E-state index contributed by atoms with van der Waals surface area (Å²) in [5, 5.41) is 6.92. The van der Waals surface area contributed by atoms with Crippen LogP contribution >= 0.6 is 15.9 Å². The van der Waals surface area contributed by atoms with Crippen LogP contribution in [0.3, 0.4) is 0 Å². The number of benzene rings is 2. The zero-order valence-corrected chi connectivity index (χ0v) is 17.0. The highest BCUT2D eigenvalue weighted by atomic mass is 79.9. The monoisotopic (exact) mass is 448 g/mol. The summed E-state index contributed by atoms with van der Waals surface area (Å²) < 4.78 is 29.8. The molecule has 0 unspecified atom stereocenters. The number of nitrogens with zero attached hydrogens (tertiary/aromatic N) is 2. The van der Waals surface area contributed by atoms with Crippen molar-refractivity contribution < 1.29 is 13.2 Å². The molecule has 7 nitrogen and oxygen atoms in total. The van der Waals surface area contributed by atoms with E-state index in [0.717, 1.165) is 10.2 Å². The zero-order chi connectivity index (χ0) is 19.6. The van der Waals surface area contributed by atoms with Crippen molar-refractivity contribution in [1.82, 2.24) is 9.78 Å². The van der Waals surface area contributed by atoms with Crippen LogP contribution in [0, 0.1) is 6.92 Å². The molecule has 1 amide bonds. The topological polar surface area (TPSA) is 93.1 Å². The first-order valence-electron chi connectivity index (χ1n) is 7.95. The molecule has 1 heterocycles. The Bertz CT molecular complexity index is 1090. The van der Waals surface area contributed by atoms with Crippen LogP contribution in [0.25, 0.3) is 0 Å². The Hall–Kier alpha value is -2.65. The van der Waals surface area contributed by atoms with Crippen LogP contribution in [-0.2, 0) is 17.1 Å². The minimum atomic E-state index is -3.75. The third-order valence-electron chi connectivity index (χ3n) is 3.74. The molecule has 0 spiro atoms. The van der Waals surface area contributed by atoms with E-state index in [1.807, 2.05) is 6.92 Å². The van der Waals surface area contributed by atoms with Gasteiger partial charge in [-0.1, -0.05) is 22.0 Å². The number of halogens is 1. The van der Waals surface area contributed by atoms with Crippen LogP contribution in [-0.4, -0.2) is 24.1 Å². The third kappa shape index (κ3) is 4.55. The van der Waals surface area contributed by atoms with E-state index >= 15 is 0 Å². The molecule has 1 aromatic heterocycles. The lowest BCUT2D eigenvalue weighted by molar-refractivity contribution is 0.102. The van der Waals surface area contributed by atoms with Crippen molar-refractivity contribution in [3.63, 3.8) is 0 Å². The molecule has 3 rings (SSSR count). The number of hydrogen-bond acceptors (Lipinski definition) is 4. The number of rotatable bonds is 5. The molecule has 3 aromatic rings. The predicted octanol–water partition coefficient (Wildman–Crippen LogP) is 3.54. The van der Waals surface area contributed by atoms with Crippen molar-refractivity contribution in [2.24, 2.45) is 7.05 Å². The molecule has 0 saturated carbocycles. The van der Waals surface area contributed by atoms with Gasteiger partial charge in [-0.2, -0.15) is 5.10 Å². The van der Waals surface area contributed by atoms with Crippen molar-refractivity contribution in [1.29, 1.82) is 0 Å².